The fourth-order valence-corrected chi connectivity index (χ4v) is 6.86. The lowest BCUT2D eigenvalue weighted by atomic mass is 9.97. The van der Waals surface area contributed by atoms with Crippen molar-refractivity contribution < 1.29 is 0 Å². The van der Waals surface area contributed by atoms with Crippen molar-refractivity contribution in [3.8, 4) is 0 Å². The monoisotopic (exact) mass is 588 g/mol. The molecule has 2 fully saturated rings. The molecule has 0 radical (unpaired) electrons. The molecule has 0 spiro atoms. The Morgan fingerprint density at radius 2 is 0.682 bits per heavy atom. The molecule has 4 aromatic rings. The van der Waals surface area contributed by atoms with Crippen LogP contribution in [0.15, 0.2) is 121 Å². The molecular formula is C42H56N2. The van der Waals surface area contributed by atoms with E-state index in [1.165, 1.54) is 87.0 Å². The lowest BCUT2D eigenvalue weighted by Gasteiger charge is -2.31. The van der Waals surface area contributed by atoms with E-state index in [2.05, 4.69) is 145 Å². The molecule has 2 nitrogen and oxygen atoms in total. The third kappa shape index (κ3) is 9.91. The van der Waals surface area contributed by atoms with E-state index in [4.69, 9.17) is 0 Å². The van der Waals surface area contributed by atoms with Crippen molar-refractivity contribution in [2.45, 2.75) is 78.3 Å². The Kier molecular flexibility index (Phi) is 14.2. The van der Waals surface area contributed by atoms with Gasteiger partial charge in [0.15, 0.2) is 0 Å². The van der Waals surface area contributed by atoms with Gasteiger partial charge in [-0.2, -0.15) is 0 Å². The molecule has 2 saturated heterocycles. The highest BCUT2D eigenvalue weighted by atomic mass is 15.2. The van der Waals surface area contributed by atoms with E-state index in [9.17, 15) is 0 Å². The van der Waals surface area contributed by atoms with Gasteiger partial charge in [-0.15, -0.1) is 0 Å². The Hall–Kier alpha value is -3.20. The fraction of sp³-hybridized carbons (Fsp3) is 0.429. The minimum absolute atomic E-state index is 0.401. The Bertz CT molecular complexity index is 1090. The molecule has 4 aromatic carbocycles. The summed E-state index contributed by atoms with van der Waals surface area (Å²) in [6.45, 7) is 13.6. The van der Waals surface area contributed by atoms with E-state index in [0.29, 0.717) is 12.1 Å². The highest BCUT2D eigenvalue weighted by Crippen LogP contribution is 2.33. The van der Waals surface area contributed by atoms with Crippen molar-refractivity contribution in [1.82, 2.24) is 9.80 Å². The number of hydrogen-bond donors (Lipinski definition) is 0. The summed E-state index contributed by atoms with van der Waals surface area (Å²) in [6, 6.07) is 44.7. The van der Waals surface area contributed by atoms with E-state index in [1.807, 2.05) is 13.8 Å². The molecule has 44 heavy (non-hydrogen) atoms. The number of nitrogens with zero attached hydrogens (tertiary/aromatic N) is 2. The Morgan fingerprint density at radius 3 is 0.955 bits per heavy atom. The molecule has 2 heterocycles. The van der Waals surface area contributed by atoms with E-state index in [1.54, 1.807) is 0 Å². The summed E-state index contributed by atoms with van der Waals surface area (Å²) in [5.74, 6) is 1.73. The second-order valence-corrected chi connectivity index (χ2v) is 12.6. The minimum atomic E-state index is 0.401. The first kappa shape index (κ1) is 33.7. The van der Waals surface area contributed by atoms with Gasteiger partial charge in [0.2, 0.25) is 0 Å². The molecule has 0 aromatic heterocycles. The van der Waals surface area contributed by atoms with Crippen LogP contribution < -0.4 is 0 Å². The van der Waals surface area contributed by atoms with Gasteiger partial charge in [0.05, 0.1) is 12.1 Å². The van der Waals surface area contributed by atoms with Gasteiger partial charge in [-0.25, -0.2) is 0 Å². The summed E-state index contributed by atoms with van der Waals surface area (Å²) in [7, 11) is 0. The van der Waals surface area contributed by atoms with Crippen LogP contribution >= 0.6 is 0 Å². The fourth-order valence-electron chi connectivity index (χ4n) is 6.86. The van der Waals surface area contributed by atoms with Crippen LogP contribution in [0.25, 0.3) is 0 Å². The quantitative estimate of drug-likeness (QED) is 0.221. The Morgan fingerprint density at radius 1 is 0.409 bits per heavy atom. The normalized spacial score (nSPS) is 19.6. The second kappa shape index (κ2) is 18.6. The zero-order valence-corrected chi connectivity index (χ0v) is 27.8. The van der Waals surface area contributed by atoms with E-state index >= 15 is 0 Å². The Balaban J connectivity index is 0.000000190. The summed E-state index contributed by atoms with van der Waals surface area (Å²) < 4.78 is 0. The molecule has 6 rings (SSSR count). The van der Waals surface area contributed by atoms with E-state index in [0.717, 1.165) is 11.8 Å². The summed E-state index contributed by atoms with van der Waals surface area (Å²) in [4.78, 5) is 5.35. The first-order valence-electron chi connectivity index (χ1n) is 17.4. The number of rotatable bonds is 6. The molecule has 0 amide bonds. The van der Waals surface area contributed by atoms with Crippen LogP contribution in [0.3, 0.4) is 0 Å². The minimum Gasteiger partial charge on any atom is -0.292 e. The van der Waals surface area contributed by atoms with Gasteiger partial charge in [-0.05, 0) is 98.8 Å². The van der Waals surface area contributed by atoms with Crippen molar-refractivity contribution in [2.75, 3.05) is 26.2 Å². The predicted octanol–water partition coefficient (Wildman–Crippen LogP) is 10.8. The first-order valence-corrected chi connectivity index (χ1v) is 17.4. The maximum Gasteiger partial charge on any atom is 0.0601 e. The zero-order chi connectivity index (χ0) is 31.0. The van der Waals surface area contributed by atoms with Gasteiger partial charge < -0.3 is 0 Å². The summed E-state index contributed by atoms with van der Waals surface area (Å²) in [6.07, 6.45) is 8.00. The lowest BCUT2D eigenvalue weighted by Crippen LogP contribution is -2.30. The van der Waals surface area contributed by atoms with Gasteiger partial charge in [0, 0.05) is 0 Å². The summed E-state index contributed by atoms with van der Waals surface area (Å²) in [5.41, 5.74) is 5.66. The van der Waals surface area contributed by atoms with Crippen molar-refractivity contribution in [2.24, 2.45) is 11.8 Å². The molecule has 0 aliphatic carbocycles. The molecule has 0 bridgehead atoms. The van der Waals surface area contributed by atoms with Gasteiger partial charge >= 0.3 is 0 Å². The SMILES string of the molecule is CC.CC1CCCN(C(c2ccccc2)c2ccccc2)CC1.CC1CCCN(C(c2ccccc2)c2ccccc2)CC1. The van der Waals surface area contributed by atoms with Crippen LogP contribution in [0.4, 0.5) is 0 Å². The predicted molar refractivity (Wildman–Crippen MR) is 190 cm³/mol. The largest absolute Gasteiger partial charge is 0.292 e. The zero-order valence-electron chi connectivity index (χ0n) is 27.8. The Labute approximate surface area is 269 Å². The van der Waals surface area contributed by atoms with Gasteiger partial charge in [0.25, 0.3) is 0 Å². The third-order valence-corrected chi connectivity index (χ3v) is 9.29. The van der Waals surface area contributed by atoms with Crippen LogP contribution in [0.2, 0.25) is 0 Å². The highest BCUT2D eigenvalue weighted by molar-refractivity contribution is 5.33. The van der Waals surface area contributed by atoms with E-state index in [-0.39, 0.29) is 0 Å². The summed E-state index contributed by atoms with van der Waals surface area (Å²) >= 11 is 0. The lowest BCUT2D eigenvalue weighted by molar-refractivity contribution is 0.232. The summed E-state index contributed by atoms with van der Waals surface area (Å²) in [5, 5.41) is 0. The number of benzene rings is 4. The highest BCUT2D eigenvalue weighted by Gasteiger charge is 2.25. The molecular weight excluding hydrogens is 532 g/mol. The standard InChI is InChI=1S/2C20H25N.C2H6/c2*1-17-9-8-15-21(16-14-17)20(18-10-4-2-5-11-18)19-12-6-3-7-13-19;1-2/h2*2-7,10-13,17,20H,8-9,14-16H2,1H3;1-2H3. The molecule has 0 N–H and O–H groups in total. The number of hydrogen-bond acceptors (Lipinski definition) is 2. The first-order chi connectivity index (χ1) is 21.7. The van der Waals surface area contributed by atoms with Gasteiger partial charge in [-0.3, -0.25) is 9.80 Å². The average molecular weight is 589 g/mol. The second-order valence-electron chi connectivity index (χ2n) is 12.6. The topological polar surface area (TPSA) is 6.48 Å². The van der Waals surface area contributed by atoms with Gasteiger partial charge in [0.1, 0.15) is 0 Å². The molecule has 2 aliphatic rings. The van der Waals surface area contributed by atoms with Crippen molar-refractivity contribution in [3.63, 3.8) is 0 Å². The molecule has 234 valence electrons. The number of likely N-dealkylation sites (tertiary alicyclic amines) is 2. The van der Waals surface area contributed by atoms with Crippen molar-refractivity contribution >= 4 is 0 Å². The maximum absolute atomic E-state index is 2.67. The molecule has 0 saturated carbocycles. The molecule has 2 aliphatic heterocycles. The van der Waals surface area contributed by atoms with Crippen molar-refractivity contribution in [3.05, 3.63) is 144 Å². The van der Waals surface area contributed by atoms with Gasteiger partial charge in [-0.1, -0.05) is 149 Å². The van der Waals surface area contributed by atoms with Crippen molar-refractivity contribution in [1.29, 1.82) is 0 Å². The molecule has 2 heteroatoms. The van der Waals surface area contributed by atoms with Crippen LogP contribution in [0.1, 0.15) is 101 Å². The third-order valence-electron chi connectivity index (χ3n) is 9.29. The van der Waals surface area contributed by atoms with E-state index < -0.39 is 0 Å². The van der Waals surface area contributed by atoms with Crippen LogP contribution in [0.5, 0.6) is 0 Å². The smallest absolute Gasteiger partial charge is 0.0601 e. The molecule has 2 unspecified atom stereocenters. The molecule has 2 atom stereocenters. The van der Waals surface area contributed by atoms with Crippen LogP contribution in [-0.2, 0) is 0 Å². The van der Waals surface area contributed by atoms with Crippen LogP contribution in [-0.4, -0.2) is 36.0 Å². The maximum atomic E-state index is 2.67. The van der Waals surface area contributed by atoms with Crippen LogP contribution in [0, 0.1) is 11.8 Å². The average Bonchev–Trinajstić information content (AvgIpc) is 3.44.